The average Bonchev–Trinajstić information content (AvgIpc) is 3.39. The fraction of sp³-hybridized carbons (Fsp3) is 0.344. The summed E-state index contributed by atoms with van der Waals surface area (Å²) in [5.41, 5.74) is 3.27. The van der Waals surface area contributed by atoms with Crippen molar-refractivity contribution in [3.8, 4) is 5.69 Å². The van der Waals surface area contributed by atoms with Crippen LogP contribution in [0.2, 0.25) is 0 Å². The maximum absolute atomic E-state index is 13.1. The molecular formula is C32H34F3N5OS. The second kappa shape index (κ2) is 13.5. The van der Waals surface area contributed by atoms with E-state index in [9.17, 15) is 18.0 Å². The van der Waals surface area contributed by atoms with Crippen LogP contribution in [-0.2, 0) is 17.4 Å². The Morgan fingerprint density at radius 1 is 0.857 bits per heavy atom. The fourth-order valence-electron chi connectivity index (χ4n) is 5.03. The van der Waals surface area contributed by atoms with E-state index in [4.69, 9.17) is 0 Å². The van der Waals surface area contributed by atoms with Crippen molar-refractivity contribution in [2.24, 2.45) is 0 Å². The van der Waals surface area contributed by atoms with Gasteiger partial charge in [-0.15, -0.1) is 10.2 Å². The molecule has 3 aromatic carbocycles. The molecule has 0 unspecified atom stereocenters. The third-order valence-electron chi connectivity index (χ3n) is 7.38. The molecule has 1 aliphatic rings. The highest BCUT2D eigenvalue weighted by atomic mass is 32.2. The Labute approximate surface area is 248 Å². The van der Waals surface area contributed by atoms with Gasteiger partial charge in [-0.25, -0.2) is 0 Å². The summed E-state index contributed by atoms with van der Waals surface area (Å²) in [6, 6.07) is 23.9. The van der Waals surface area contributed by atoms with Gasteiger partial charge in [-0.2, -0.15) is 13.2 Å². The SMILES string of the molecule is Cc1ccc(-n2c(Cc3ccccc3)nnc2SCCCCC(=O)N2CCN(c3cccc(C(F)(F)F)c3)CC2)cc1. The maximum atomic E-state index is 13.1. The number of nitrogens with zero attached hydrogens (tertiary/aromatic N) is 5. The normalized spacial score (nSPS) is 13.9. The van der Waals surface area contributed by atoms with Gasteiger partial charge in [0.15, 0.2) is 5.16 Å². The number of aryl methyl sites for hydroxylation is 1. The van der Waals surface area contributed by atoms with E-state index in [0.29, 0.717) is 44.7 Å². The van der Waals surface area contributed by atoms with Crippen LogP contribution in [0.1, 0.15) is 41.8 Å². The molecule has 10 heteroatoms. The molecule has 0 spiro atoms. The molecule has 0 bridgehead atoms. The Kier molecular flexibility index (Phi) is 9.51. The second-order valence-electron chi connectivity index (χ2n) is 10.5. The van der Waals surface area contributed by atoms with Gasteiger partial charge in [0.2, 0.25) is 5.91 Å². The first-order valence-corrected chi connectivity index (χ1v) is 15.1. The number of amides is 1. The molecule has 4 aromatic rings. The molecule has 0 atom stereocenters. The highest BCUT2D eigenvalue weighted by Crippen LogP contribution is 2.32. The standard InChI is InChI=1S/C32H34F3N5OS/c1-24-13-15-27(16-14-24)40-29(22-25-8-3-2-4-9-25)36-37-31(40)42-21-6-5-12-30(41)39-19-17-38(18-20-39)28-11-7-10-26(23-28)32(33,34)35/h2-4,7-11,13-16,23H,5-6,12,17-22H2,1H3. The molecule has 6 nitrogen and oxygen atoms in total. The third-order valence-corrected chi connectivity index (χ3v) is 8.40. The Morgan fingerprint density at radius 3 is 2.31 bits per heavy atom. The van der Waals surface area contributed by atoms with Crippen molar-refractivity contribution in [1.29, 1.82) is 0 Å². The number of carbonyl (C=O) groups excluding carboxylic acids is 1. The van der Waals surface area contributed by atoms with Crippen molar-refractivity contribution in [2.75, 3.05) is 36.8 Å². The minimum Gasteiger partial charge on any atom is -0.368 e. The fourth-order valence-corrected chi connectivity index (χ4v) is 6.00. The topological polar surface area (TPSA) is 54.3 Å². The van der Waals surface area contributed by atoms with Gasteiger partial charge in [-0.05, 0) is 55.7 Å². The van der Waals surface area contributed by atoms with Gasteiger partial charge in [0, 0.05) is 56.1 Å². The minimum absolute atomic E-state index is 0.0941. The van der Waals surface area contributed by atoms with Gasteiger partial charge in [0.05, 0.1) is 5.56 Å². The number of unbranched alkanes of at least 4 members (excludes halogenated alkanes) is 1. The number of thioether (sulfide) groups is 1. The van der Waals surface area contributed by atoms with Gasteiger partial charge in [0.1, 0.15) is 5.82 Å². The molecule has 1 fully saturated rings. The lowest BCUT2D eigenvalue weighted by Crippen LogP contribution is -2.48. The molecule has 2 heterocycles. The zero-order valence-corrected chi connectivity index (χ0v) is 24.4. The molecule has 1 saturated heterocycles. The largest absolute Gasteiger partial charge is 0.416 e. The molecular weight excluding hydrogens is 559 g/mol. The monoisotopic (exact) mass is 593 g/mol. The summed E-state index contributed by atoms with van der Waals surface area (Å²) in [4.78, 5) is 16.6. The number of hydrogen-bond donors (Lipinski definition) is 0. The number of benzene rings is 3. The summed E-state index contributed by atoms with van der Waals surface area (Å²) < 4.78 is 41.4. The van der Waals surface area contributed by atoms with Crippen molar-refractivity contribution < 1.29 is 18.0 Å². The van der Waals surface area contributed by atoms with Gasteiger partial charge < -0.3 is 9.80 Å². The zero-order valence-electron chi connectivity index (χ0n) is 23.6. The summed E-state index contributed by atoms with van der Waals surface area (Å²) in [5.74, 6) is 1.79. The van der Waals surface area contributed by atoms with Gasteiger partial charge in [-0.3, -0.25) is 9.36 Å². The molecule has 42 heavy (non-hydrogen) atoms. The number of alkyl halides is 3. The van der Waals surface area contributed by atoms with Crippen LogP contribution in [0.4, 0.5) is 18.9 Å². The van der Waals surface area contributed by atoms with Crippen LogP contribution < -0.4 is 4.90 Å². The van der Waals surface area contributed by atoms with E-state index in [1.54, 1.807) is 17.8 Å². The van der Waals surface area contributed by atoms with Crippen molar-refractivity contribution in [1.82, 2.24) is 19.7 Å². The summed E-state index contributed by atoms with van der Waals surface area (Å²) in [5, 5.41) is 9.85. The van der Waals surface area contributed by atoms with Crippen molar-refractivity contribution in [3.05, 3.63) is 101 Å². The molecule has 220 valence electrons. The number of aromatic nitrogens is 3. The number of piperazine rings is 1. The first-order chi connectivity index (χ1) is 20.3. The lowest BCUT2D eigenvalue weighted by atomic mass is 10.1. The first-order valence-electron chi connectivity index (χ1n) is 14.2. The summed E-state index contributed by atoms with van der Waals surface area (Å²) in [7, 11) is 0. The quantitative estimate of drug-likeness (QED) is 0.150. The van der Waals surface area contributed by atoms with Gasteiger partial charge in [0.25, 0.3) is 0 Å². The predicted molar refractivity (Wildman–Crippen MR) is 160 cm³/mol. The third kappa shape index (κ3) is 7.53. The molecule has 0 saturated carbocycles. The summed E-state index contributed by atoms with van der Waals surface area (Å²) >= 11 is 1.64. The zero-order chi connectivity index (χ0) is 29.5. The number of carbonyl (C=O) groups is 1. The van der Waals surface area contributed by atoms with E-state index < -0.39 is 11.7 Å². The Morgan fingerprint density at radius 2 is 1.60 bits per heavy atom. The van der Waals surface area contributed by atoms with Crippen LogP contribution in [0.5, 0.6) is 0 Å². The molecule has 5 rings (SSSR count). The van der Waals surface area contributed by atoms with Gasteiger partial charge >= 0.3 is 6.18 Å². The average molecular weight is 594 g/mol. The van der Waals surface area contributed by atoms with E-state index >= 15 is 0 Å². The Hall–Kier alpha value is -3.79. The van der Waals surface area contributed by atoms with E-state index in [1.165, 1.54) is 23.3 Å². The van der Waals surface area contributed by atoms with Crippen molar-refractivity contribution in [2.45, 2.75) is 43.9 Å². The van der Waals surface area contributed by atoms with Crippen molar-refractivity contribution in [3.63, 3.8) is 0 Å². The van der Waals surface area contributed by atoms with Gasteiger partial charge in [-0.1, -0.05) is 65.9 Å². The summed E-state index contributed by atoms with van der Waals surface area (Å²) in [6.45, 7) is 4.11. The molecule has 0 radical (unpaired) electrons. The maximum Gasteiger partial charge on any atom is 0.416 e. The lowest BCUT2D eigenvalue weighted by molar-refractivity contribution is -0.137. The van der Waals surface area contributed by atoms with Crippen LogP contribution in [0.25, 0.3) is 5.69 Å². The molecule has 1 aliphatic heterocycles. The second-order valence-corrected chi connectivity index (χ2v) is 11.5. The van der Waals surface area contributed by atoms with E-state index in [1.807, 2.05) is 28.0 Å². The Balaban J connectivity index is 1.11. The molecule has 0 N–H and O–H groups in total. The number of rotatable bonds is 10. The molecule has 0 aliphatic carbocycles. The van der Waals surface area contributed by atoms with Crippen LogP contribution in [0, 0.1) is 6.92 Å². The van der Waals surface area contributed by atoms with E-state index in [-0.39, 0.29) is 5.91 Å². The molecule has 1 aromatic heterocycles. The summed E-state index contributed by atoms with van der Waals surface area (Å²) in [6.07, 6.45) is -1.62. The van der Waals surface area contributed by atoms with Crippen LogP contribution in [0.15, 0.2) is 84.0 Å². The van der Waals surface area contributed by atoms with Crippen LogP contribution in [-0.4, -0.2) is 57.5 Å². The van der Waals surface area contributed by atoms with E-state index in [0.717, 1.165) is 41.3 Å². The smallest absolute Gasteiger partial charge is 0.368 e. The first kappa shape index (κ1) is 29.7. The minimum atomic E-state index is -4.37. The Bertz CT molecular complexity index is 1470. The van der Waals surface area contributed by atoms with Crippen LogP contribution in [0.3, 0.4) is 0 Å². The lowest BCUT2D eigenvalue weighted by Gasteiger charge is -2.36. The number of anilines is 1. The molecule has 1 amide bonds. The predicted octanol–water partition coefficient (Wildman–Crippen LogP) is 6.80. The highest BCUT2D eigenvalue weighted by Gasteiger charge is 2.31. The highest BCUT2D eigenvalue weighted by molar-refractivity contribution is 7.99. The number of halogens is 3. The van der Waals surface area contributed by atoms with E-state index in [2.05, 4.69) is 58.1 Å². The van der Waals surface area contributed by atoms with Crippen molar-refractivity contribution >= 4 is 23.4 Å². The number of hydrogen-bond acceptors (Lipinski definition) is 5. The van der Waals surface area contributed by atoms with Crippen LogP contribution >= 0.6 is 11.8 Å².